The Kier molecular flexibility index (Phi) is 4.89. The SMILES string of the molecule is O=C(NC(=O)c1ccc2c(c1)NCCN2)Nc1ccc(F)c(C(F)(F)F)c1. The van der Waals surface area contributed by atoms with Crippen LogP contribution in [0.4, 0.5) is 39.4 Å². The first-order valence-electron chi connectivity index (χ1n) is 7.85. The van der Waals surface area contributed by atoms with E-state index in [2.05, 4.69) is 16.0 Å². The number of hydrogen-bond donors (Lipinski definition) is 4. The van der Waals surface area contributed by atoms with Crippen molar-refractivity contribution < 1.29 is 27.2 Å². The summed E-state index contributed by atoms with van der Waals surface area (Å²) in [6, 6.07) is 5.68. The van der Waals surface area contributed by atoms with Gasteiger partial charge in [-0.3, -0.25) is 10.1 Å². The van der Waals surface area contributed by atoms with Crippen molar-refractivity contribution in [2.75, 3.05) is 29.0 Å². The van der Waals surface area contributed by atoms with Crippen LogP contribution in [-0.4, -0.2) is 25.0 Å². The molecule has 1 heterocycles. The molecular formula is C17H14F4N4O2. The molecule has 2 aromatic carbocycles. The summed E-state index contributed by atoms with van der Waals surface area (Å²) in [6.45, 7) is 1.41. The van der Waals surface area contributed by atoms with Crippen molar-refractivity contribution in [1.82, 2.24) is 5.32 Å². The average Bonchev–Trinajstić information content (AvgIpc) is 2.62. The highest BCUT2D eigenvalue weighted by atomic mass is 19.4. The number of amides is 3. The highest BCUT2D eigenvalue weighted by Crippen LogP contribution is 2.33. The van der Waals surface area contributed by atoms with Gasteiger partial charge in [0.15, 0.2) is 0 Å². The number of hydrogen-bond acceptors (Lipinski definition) is 4. The fraction of sp³-hybridized carbons (Fsp3) is 0.176. The Balaban J connectivity index is 1.68. The highest BCUT2D eigenvalue weighted by molar-refractivity contribution is 6.08. The standard InChI is InChI=1S/C17H14F4N4O2/c18-12-3-2-10(8-11(12)17(19,20)21)24-16(27)25-15(26)9-1-4-13-14(7-9)23-6-5-22-13/h1-4,7-8,22-23H,5-6H2,(H2,24,25,26,27). The maximum Gasteiger partial charge on any atom is 0.419 e. The first kappa shape index (κ1) is 18.5. The molecular weight excluding hydrogens is 368 g/mol. The summed E-state index contributed by atoms with van der Waals surface area (Å²) in [5, 5.41) is 10.3. The second kappa shape index (κ2) is 7.14. The van der Waals surface area contributed by atoms with Crippen LogP contribution in [0.5, 0.6) is 0 Å². The quantitative estimate of drug-likeness (QED) is 0.598. The number of urea groups is 1. The summed E-state index contributed by atoms with van der Waals surface area (Å²) < 4.78 is 51.4. The third-order valence-corrected chi connectivity index (χ3v) is 3.79. The second-order valence-electron chi connectivity index (χ2n) is 5.71. The molecule has 0 saturated carbocycles. The predicted octanol–water partition coefficient (Wildman–Crippen LogP) is 3.64. The average molecular weight is 382 g/mol. The zero-order chi connectivity index (χ0) is 19.6. The molecule has 3 amide bonds. The van der Waals surface area contributed by atoms with E-state index in [1.807, 2.05) is 5.32 Å². The Bertz CT molecular complexity index is 899. The molecule has 0 radical (unpaired) electrons. The molecule has 2 aromatic rings. The van der Waals surface area contributed by atoms with Gasteiger partial charge < -0.3 is 16.0 Å². The summed E-state index contributed by atoms with van der Waals surface area (Å²) in [7, 11) is 0. The minimum Gasteiger partial charge on any atom is -0.382 e. The van der Waals surface area contributed by atoms with Gasteiger partial charge in [-0.1, -0.05) is 0 Å². The van der Waals surface area contributed by atoms with E-state index in [4.69, 9.17) is 0 Å². The minimum atomic E-state index is -4.90. The largest absolute Gasteiger partial charge is 0.419 e. The highest BCUT2D eigenvalue weighted by Gasteiger charge is 2.34. The zero-order valence-corrected chi connectivity index (χ0v) is 13.7. The molecule has 10 heteroatoms. The molecule has 6 nitrogen and oxygen atoms in total. The fourth-order valence-electron chi connectivity index (χ4n) is 2.54. The maximum atomic E-state index is 13.3. The van der Waals surface area contributed by atoms with Crippen LogP contribution in [0.25, 0.3) is 0 Å². The van der Waals surface area contributed by atoms with E-state index in [1.54, 1.807) is 12.1 Å². The molecule has 4 N–H and O–H groups in total. The topological polar surface area (TPSA) is 82.3 Å². The summed E-state index contributed by atoms with van der Waals surface area (Å²) in [6.07, 6.45) is -4.90. The summed E-state index contributed by atoms with van der Waals surface area (Å²) in [4.78, 5) is 24.0. The van der Waals surface area contributed by atoms with Crippen LogP contribution in [-0.2, 0) is 6.18 Å². The van der Waals surface area contributed by atoms with Crippen LogP contribution in [0.15, 0.2) is 36.4 Å². The van der Waals surface area contributed by atoms with Crippen LogP contribution in [0, 0.1) is 5.82 Å². The van der Waals surface area contributed by atoms with Crippen LogP contribution < -0.4 is 21.3 Å². The van der Waals surface area contributed by atoms with Gasteiger partial charge in [0.1, 0.15) is 5.82 Å². The third-order valence-electron chi connectivity index (χ3n) is 3.79. The number of imide groups is 1. The third kappa shape index (κ3) is 4.27. The van der Waals surface area contributed by atoms with Gasteiger partial charge in [-0.2, -0.15) is 13.2 Å². The molecule has 0 fully saturated rings. The van der Waals surface area contributed by atoms with Gasteiger partial charge in [0.25, 0.3) is 5.91 Å². The van der Waals surface area contributed by atoms with Crippen molar-refractivity contribution in [3.8, 4) is 0 Å². The van der Waals surface area contributed by atoms with Gasteiger partial charge in [-0.15, -0.1) is 0 Å². The molecule has 1 aliphatic heterocycles. The maximum absolute atomic E-state index is 13.3. The van der Waals surface area contributed by atoms with Crippen molar-refractivity contribution in [3.63, 3.8) is 0 Å². The zero-order valence-electron chi connectivity index (χ0n) is 13.7. The van der Waals surface area contributed by atoms with Gasteiger partial charge in [0.2, 0.25) is 0 Å². The van der Waals surface area contributed by atoms with Gasteiger partial charge in [0.05, 0.1) is 16.9 Å². The molecule has 0 unspecified atom stereocenters. The second-order valence-corrected chi connectivity index (χ2v) is 5.71. The Morgan fingerprint density at radius 1 is 0.963 bits per heavy atom. The number of alkyl halides is 3. The van der Waals surface area contributed by atoms with E-state index in [9.17, 15) is 27.2 Å². The first-order valence-corrected chi connectivity index (χ1v) is 7.85. The molecule has 0 bridgehead atoms. The van der Waals surface area contributed by atoms with Crippen molar-refractivity contribution in [2.45, 2.75) is 6.18 Å². The molecule has 0 aliphatic carbocycles. The van der Waals surface area contributed by atoms with E-state index >= 15 is 0 Å². The Hall–Kier alpha value is -3.30. The fourth-order valence-corrected chi connectivity index (χ4v) is 2.54. The summed E-state index contributed by atoms with van der Waals surface area (Å²) in [5.41, 5.74) is -0.115. The van der Waals surface area contributed by atoms with Crippen LogP contribution in [0.1, 0.15) is 15.9 Å². The number of fused-ring (bicyclic) bond motifs is 1. The first-order chi connectivity index (χ1) is 12.7. The van der Waals surface area contributed by atoms with Gasteiger partial charge in [-0.25, -0.2) is 9.18 Å². The lowest BCUT2D eigenvalue weighted by atomic mass is 10.1. The number of anilines is 3. The summed E-state index contributed by atoms with van der Waals surface area (Å²) >= 11 is 0. The number of benzene rings is 2. The van der Waals surface area contributed by atoms with Crippen molar-refractivity contribution in [1.29, 1.82) is 0 Å². The number of halogens is 4. The van der Waals surface area contributed by atoms with E-state index in [-0.39, 0.29) is 11.3 Å². The lowest BCUT2D eigenvalue weighted by Gasteiger charge is -2.20. The van der Waals surface area contributed by atoms with E-state index in [0.717, 1.165) is 18.3 Å². The van der Waals surface area contributed by atoms with Gasteiger partial charge in [-0.05, 0) is 36.4 Å². The normalized spacial score (nSPS) is 13.0. The molecule has 27 heavy (non-hydrogen) atoms. The Labute approximate surface area is 150 Å². The molecule has 1 aliphatic rings. The molecule has 0 saturated heterocycles. The molecule has 0 atom stereocenters. The molecule has 0 spiro atoms. The monoisotopic (exact) mass is 382 g/mol. The van der Waals surface area contributed by atoms with Crippen molar-refractivity contribution in [2.24, 2.45) is 0 Å². The van der Waals surface area contributed by atoms with Crippen LogP contribution in [0.3, 0.4) is 0 Å². The van der Waals surface area contributed by atoms with Gasteiger partial charge >= 0.3 is 12.2 Å². The number of rotatable bonds is 2. The lowest BCUT2D eigenvalue weighted by molar-refractivity contribution is -0.139. The van der Waals surface area contributed by atoms with Crippen molar-refractivity contribution in [3.05, 3.63) is 53.3 Å². The Morgan fingerprint density at radius 2 is 1.67 bits per heavy atom. The summed E-state index contributed by atoms with van der Waals surface area (Å²) in [5.74, 6) is -2.19. The van der Waals surface area contributed by atoms with Crippen LogP contribution >= 0.6 is 0 Å². The lowest BCUT2D eigenvalue weighted by Crippen LogP contribution is -2.34. The van der Waals surface area contributed by atoms with E-state index in [0.29, 0.717) is 24.4 Å². The smallest absolute Gasteiger partial charge is 0.382 e. The Morgan fingerprint density at radius 3 is 2.37 bits per heavy atom. The molecule has 142 valence electrons. The van der Waals surface area contributed by atoms with Crippen molar-refractivity contribution >= 4 is 29.0 Å². The number of nitrogens with one attached hydrogen (secondary N) is 4. The van der Waals surface area contributed by atoms with Gasteiger partial charge in [0, 0.05) is 24.3 Å². The number of carbonyl (C=O) groups is 2. The number of carbonyl (C=O) groups excluding carboxylic acids is 2. The minimum absolute atomic E-state index is 0.190. The van der Waals surface area contributed by atoms with Crippen LogP contribution in [0.2, 0.25) is 0 Å². The predicted molar refractivity (Wildman–Crippen MR) is 91.3 cm³/mol. The van der Waals surface area contributed by atoms with E-state index < -0.39 is 29.5 Å². The van der Waals surface area contributed by atoms with E-state index in [1.165, 1.54) is 6.07 Å². The molecule has 0 aromatic heterocycles. The molecule has 3 rings (SSSR count).